The number of hydrogen-bond donors (Lipinski definition) is 1. The highest BCUT2D eigenvalue weighted by molar-refractivity contribution is 8.01. The Bertz CT molecular complexity index is 550. The van der Waals surface area contributed by atoms with E-state index in [-0.39, 0.29) is 11.7 Å². The summed E-state index contributed by atoms with van der Waals surface area (Å²) in [5.41, 5.74) is 2.04. The van der Waals surface area contributed by atoms with Gasteiger partial charge in [0.05, 0.1) is 5.75 Å². The van der Waals surface area contributed by atoms with Crippen LogP contribution >= 0.6 is 23.1 Å². The van der Waals surface area contributed by atoms with E-state index in [1.54, 1.807) is 35.5 Å². The summed E-state index contributed by atoms with van der Waals surface area (Å²) >= 11 is 2.61. The van der Waals surface area contributed by atoms with Crippen molar-refractivity contribution in [2.75, 3.05) is 5.75 Å². The SMILES string of the molecule is Cn1cccc1C(=O)NC(=O)CSc1nncs1. The number of thioether (sulfide) groups is 1. The zero-order chi connectivity index (χ0) is 13.0. The van der Waals surface area contributed by atoms with Crippen molar-refractivity contribution < 1.29 is 9.59 Å². The number of nitrogens with one attached hydrogen (secondary N) is 1. The normalized spacial score (nSPS) is 10.3. The van der Waals surface area contributed by atoms with Crippen molar-refractivity contribution in [1.82, 2.24) is 20.1 Å². The van der Waals surface area contributed by atoms with Crippen LogP contribution in [0, 0.1) is 0 Å². The molecule has 0 aliphatic heterocycles. The minimum absolute atomic E-state index is 0.144. The third-order valence-electron chi connectivity index (χ3n) is 2.10. The molecule has 8 heteroatoms. The van der Waals surface area contributed by atoms with Gasteiger partial charge in [-0.05, 0) is 12.1 Å². The molecule has 0 radical (unpaired) electrons. The van der Waals surface area contributed by atoms with Crippen LogP contribution in [0.1, 0.15) is 10.5 Å². The first-order valence-corrected chi connectivity index (χ1v) is 6.88. The molecule has 0 aliphatic rings. The van der Waals surface area contributed by atoms with Crippen molar-refractivity contribution >= 4 is 34.9 Å². The monoisotopic (exact) mass is 282 g/mol. The summed E-state index contributed by atoms with van der Waals surface area (Å²) < 4.78 is 2.36. The molecule has 0 bridgehead atoms. The molecule has 2 rings (SSSR count). The van der Waals surface area contributed by atoms with E-state index >= 15 is 0 Å². The van der Waals surface area contributed by atoms with Gasteiger partial charge in [-0.3, -0.25) is 14.9 Å². The van der Waals surface area contributed by atoms with Crippen LogP contribution in [0.5, 0.6) is 0 Å². The Kier molecular flexibility index (Phi) is 4.11. The van der Waals surface area contributed by atoms with E-state index < -0.39 is 5.91 Å². The summed E-state index contributed by atoms with van der Waals surface area (Å²) in [7, 11) is 1.75. The van der Waals surface area contributed by atoms with Gasteiger partial charge in [0.2, 0.25) is 5.91 Å². The fourth-order valence-corrected chi connectivity index (χ4v) is 2.57. The first kappa shape index (κ1) is 12.8. The summed E-state index contributed by atoms with van der Waals surface area (Å²) in [5.74, 6) is -0.600. The lowest BCUT2D eigenvalue weighted by Gasteiger charge is -2.03. The third kappa shape index (κ3) is 3.17. The zero-order valence-corrected chi connectivity index (χ0v) is 11.1. The van der Waals surface area contributed by atoms with Crippen LogP contribution < -0.4 is 5.32 Å². The van der Waals surface area contributed by atoms with Crippen LogP contribution in [0.25, 0.3) is 0 Å². The number of hydrogen-bond acceptors (Lipinski definition) is 6. The quantitative estimate of drug-likeness (QED) is 0.844. The lowest BCUT2D eigenvalue weighted by atomic mass is 10.4. The minimum Gasteiger partial charge on any atom is -0.347 e. The average molecular weight is 282 g/mol. The van der Waals surface area contributed by atoms with Crippen LogP contribution in [0.3, 0.4) is 0 Å². The number of amides is 2. The van der Waals surface area contributed by atoms with E-state index in [0.717, 1.165) is 0 Å². The molecule has 2 heterocycles. The summed E-state index contributed by atoms with van der Waals surface area (Å²) in [6.07, 6.45) is 1.75. The van der Waals surface area contributed by atoms with E-state index in [0.29, 0.717) is 10.0 Å². The van der Waals surface area contributed by atoms with E-state index in [1.165, 1.54) is 23.1 Å². The smallest absolute Gasteiger partial charge is 0.274 e. The Morgan fingerprint density at radius 2 is 2.39 bits per heavy atom. The lowest BCUT2D eigenvalue weighted by molar-refractivity contribution is -0.117. The second kappa shape index (κ2) is 5.78. The second-order valence-corrected chi connectivity index (χ2v) is 5.43. The molecule has 2 amide bonds. The molecule has 0 fully saturated rings. The Balaban J connectivity index is 1.84. The number of imide groups is 1. The molecular formula is C10H10N4O2S2. The molecule has 1 N–H and O–H groups in total. The summed E-state index contributed by atoms with van der Waals surface area (Å²) in [5, 5.41) is 9.78. The summed E-state index contributed by atoms with van der Waals surface area (Å²) in [6.45, 7) is 0. The predicted octanol–water partition coefficient (Wildman–Crippen LogP) is 0.925. The van der Waals surface area contributed by atoms with Gasteiger partial charge in [0.15, 0.2) is 4.34 Å². The van der Waals surface area contributed by atoms with Crippen LogP contribution in [0.2, 0.25) is 0 Å². The molecule has 18 heavy (non-hydrogen) atoms. The highest BCUT2D eigenvalue weighted by Gasteiger charge is 2.13. The molecule has 2 aromatic heterocycles. The van der Waals surface area contributed by atoms with Gasteiger partial charge in [0.1, 0.15) is 11.2 Å². The highest BCUT2D eigenvalue weighted by atomic mass is 32.2. The number of aromatic nitrogens is 3. The van der Waals surface area contributed by atoms with Crippen molar-refractivity contribution in [1.29, 1.82) is 0 Å². The molecule has 0 aromatic carbocycles. The maximum Gasteiger partial charge on any atom is 0.274 e. The van der Waals surface area contributed by atoms with Crippen molar-refractivity contribution in [3.63, 3.8) is 0 Å². The van der Waals surface area contributed by atoms with Crippen molar-refractivity contribution in [3.05, 3.63) is 29.5 Å². The van der Waals surface area contributed by atoms with Crippen LogP contribution in [0.4, 0.5) is 0 Å². The first-order valence-electron chi connectivity index (χ1n) is 5.01. The molecule has 0 saturated heterocycles. The summed E-state index contributed by atoms with van der Waals surface area (Å²) in [4.78, 5) is 23.3. The molecule has 0 atom stereocenters. The van der Waals surface area contributed by atoms with Gasteiger partial charge in [-0.2, -0.15) is 0 Å². The standard InChI is InChI=1S/C10H10N4O2S2/c1-14-4-2-3-7(14)9(16)12-8(15)5-17-10-13-11-6-18-10/h2-4,6H,5H2,1H3,(H,12,15,16). The largest absolute Gasteiger partial charge is 0.347 e. The number of aryl methyl sites for hydroxylation is 1. The van der Waals surface area contributed by atoms with E-state index in [9.17, 15) is 9.59 Å². The van der Waals surface area contributed by atoms with Gasteiger partial charge in [0.25, 0.3) is 5.91 Å². The van der Waals surface area contributed by atoms with E-state index in [1.807, 2.05) is 0 Å². The lowest BCUT2D eigenvalue weighted by Crippen LogP contribution is -2.32. The molecule has 6 nitrogen and oxygen atoms in total. The van der Waals surface area contributed by atoms with Gasteiger partial charge >= 0.3 is 0 Å². The van der Waals surface area contributed by atoms with Gasteiger partial charge in [0, 0.05) is 13.2 Å². The van der Waals surface area contributed by atoms with Crippen LogP contribution in [-0.2, 0) is 11.8 Å². The fraction of sp³-hybridized carbons (Fsp3) is 0.200. The molecule has 94 valence electrons. The average Bonchev–Trinajstić information content (AvgIpc) is 2.97. The Hall–Kier alpha value is -1.67. The van der Waals surface area contributed by atoms with Gasteiger partial charge in [-0.15, -0.1) is 10.2 Å². The maximum atomic E-state index is 11.7. The highest BCUT2D eigenvalue weighted by Crippen LogP contribution is 2.18. The van der Waals surface area contributed by atoms with Gasteiger partial charge < -0.3 is 4.57 Å². The molecule has 0 saturated carbocycles. The Morgan fingerprint density at radius 3 is 3.00 bits per heavy atom. The number of rotatable bonds is 4. The van der Waals surface area contributed by atoms with Crippen molar-refractivity contribution in [2.24, 2.45) is 7.05 Å². The fourth-order valence-electron chi connectivity index (χ4n) is 1.28. The van der Waals surface area contributed by atoms with Gasteiger partial charge in [-0.1, -0.05) is 23.1 Å². The van der Waals surface area contributed by atoms with Gasteiger partial charge in [-0.25, -0.2) is 0 Å². The van der Waals surface area contributed by atoms with Crippen LogP contribution in [-0.4, -0.2) is 32.3 Å². The number of carbonyl (C=O) groups is 2. The minimum atomic E-state index is -0.398. The van der Waals surface area contributed by atoms with E-state index in [4.69, 9.17) is 0 Å². The third-order valence-corrected chi connectivity index (χ3v) is 3.96. The zero-order valence-electron chi connectivity index (χ0n) is 9.49. The number of nitrogens with zero attached hydrogens (tertiary/aromatic N) is 3. The molecule has 2 aromatic rings. The predicted molar refractivity (Wildman–Crippen MR) is 68.5 cm³/mol. The first-order chi connectivity index (χ1) is 8.66. The molecule has 0 spiro atoms. The topological polar surface area (TPSA) is 76.9 Å². The second-order valence-electron chi connectivity index (χ2n) is 3.37. The van der Waals surface area contributed by atoms with Crippen LogP contribution in [0.15, 0.2) is 28.2 Å². The molecular weight excluding hydrogens is 272 g/mol. The van der Waals surface area contributed by atoms with Crippen molar-refractivity contribution in [3.8, 4) is 0 Å². The molecule has 0 unspecified atom stereocenters. The maximum absolute atomic E-state index is 11.7. The Labute approximate surface area is 111 Å². The summed E-state index contributed by atoms with van der Waals surface area (Å²) in [6, 6.07) is 3.40. The number of carbonyl (C=O) groups excluding carboxylic acids is 2. The van der Waals surface area contributed by atoms with Crippen molar-refractivity contribution in [2.45, 2.75) is 4.34 Å². The van der Waals surface area contributed by atoms with E-state index in [2.05, 4.69) is 15.5 Å². The molecule has 0 aliphatic carbocycles. The Morgan fingerprint density at radius 1 is 1.56 bits per heavy atom.